The summed E-state index contributed by atoms with van der Waals surface area (Å²) in [6.07, 6.45) is 0.444. The van der Waals surface area contributed by atoms with E-state index in [4.69, 9.17) is 4.74 Å². The number of amides is 2. The number of aryl methyl sites for hydroxylation is 1. The largest absolute Gasteiger partial charge is 0.484 e. The van der Waals surface area contributed by atoms with Crippen LogP contribution in [0.1, 0.15) is 45.2 Å². The predicted molar refractivity (Wildman–Crippen MR) is 116 cm³/mol. The Kier molecular flexibility index (Phi) is 7.98. The van der Waals surface area contributed by atoms with Crippen molar-refractivity contribution < 1.29 is 18.7 Å². The van der Waals surface area contributed by atoms with E-state index in [0.29, 0.717) is 12.2 Å². The summed E-state index contributed by atoms with van der Waals surface area (Å²) in [4.78, 5) is 27.5. The van der Waals surface area contributed by atoms with Crippen molar-refractivity contribution >= 4 is 11.8 Å². The summed E-state index contributed by atoms with van der Waals surface area (Å²) in [5.74, 6) is -0.290. The Balaban J connectivity index is 2.22. The Bertz CT molecular complexity index is 859. The predicted octanol–water partition coefficient (Wildman–Crippen LogP) is 4.24. The lowest BCUT2D eigenvalue weighted by Gasteiger charge is -2.33. The molecule has 2 rings (SSSR count). The molecule has 2 amide bonds. The molecule has 0 aliphatic carbocycles. The van der Waals surface area contributed by atoms with Crippen molar-refractivity contribution in [2.75, 3.05) is 6.61 Å². The maximum absolute atomic E-state index is 13.3. The van der Waals surface area contributed by atoms with E-state index < -0.39 is 11.6 Å². The number of carbonyl (C=O) groups is 2. The highest BCUT2D eigenvalue weighted by molar-refractivity contribution is 5.88. The average Bonchev–Trinajstić information content (AvgIpc) is 2.66. The number of ether oxygens (including phenoxy) is 1. The van der Waals surface area contributed by atoms with E-state index in [1.807, 2.05) is 52.8 Å². The highest BCUT2D eigenvalue weighted by atomic mass is 19.1. The molecule has 0 spiro atoms. The van der Waals surface area contributed by atoms with E-state index in [-0.39, 0.29) is 30.8 Å². The highest BCUT2D eigenvalue weighted by Crippen LogP contribution is 2.16. The Labute approximate surface area is 178 Å². The molecule has 5 nitrogen and oxygen atoms in total. The van der Waals surface area contributed by atoms with Crippen molar-refractivity contribution in [1.29, 1.82) is 0 Å². The normalized spacial score (nSPS) is 12.2. The first-order valence-electron chi connectivity index (χ1n) is 10.1. The summed E-state index contributed by atoms with van der Waals surface area (Å²) < 4.78 is 19.0. The number of hydrogen-bond donors (Lipinski definition) is 1. The van der Waals surface area contributed by atoms with Gasteiger partial charge >= 0.3 is 0 Å². The van der Waals surface area contributed by atoms with Gasteiger partial charge < -0.3 is 15.0 Å². The second-order valence-corrected chi connectivity index (χ2v) is 8.42. The monoisotopic (exact) mass is 414 g/mol. The zero-order valence-electron chi connectivity index (χ0n) is 18.4. The number of halogens is 1. The zero-order chi connectivity index (χ0) is 22.3. The molecule has 2 aromatic carbocycles. The van der Waals surface area contributed by atoms with Gasteiger partial charge in [-0.25, -0.2) is 4.39 Å². The Morgan fingerprint density at radius 2 is 1.80 bits per heavy atom. The molecular formula is C24H31FN2O3. The fraction of sp³-hybridized carbons (Fsp3) is 0.417. The van der Waals surface area contributed by atoms with Crippen LogP contribution in [0.2, 0.25) is 0 Å². The van der Waals surface area contributed by atoms with Gasteiger partial charge in [-0.05, 0) is 69.5 Å². The number of nitrogens with one attached hydrogen (secondary N) is 1. The standard InChI is InChI=1S/C24H31FN2O3/c1-6-21(23(29)26-24(3,4)5)27(15-18-10-12-19(25)13-11-18)22(28)16-30-20-9-7-8-17(2)14-20/h7-14,21H,6,15-16H2,1-5H3,(H,26,29). The summed E-state index contributed by atoms with van der Waals surface area (Å²) in [5.41, 5.74) is 1.34. The number of rotatable bonds is 8. The van der Waals surface area contributed by atoms with Gasteiger partial charge in [0.15, 0.2) is 6.61 Å². The quantitative estimate of drug-likeness (QED) is 0.703. The summed E-state index contributed by atoms with van der Waals surface area (Å²) >= 11 is 0. The molecule has 0 heterocycles. The first-order chi connectivity index (χ1) is 14.1. The van der Waals surface area contributed by atoms with Gasteiger partial charge in [0.1, 0.15) is 17.6 Å². The maximum atomic E-state index is 13.3. The molecule has 30 heavy (non-hydrogen) atoms. The number of hydrogen-bond acceptors (Lipinski definition) is 3. The van der Waals surface area contributed by atoms with E-state index in [1.54, 1.807) is 18.2 Å². The molecule has 162 valence electrons. The molecule has 1 N–H and O–H groups in total. The van der Waals surface area contributed by atoms with Crippen LogP contribution >= 0.6 is 0 Å². The Morgan fingerprint density at radius 3 is 2.37 bits per heavy atom. The van der Waals surface area contributed by atoms with Crippen LogP contribution in [0, 0.1) is 12.7 Å². The lowest BCUT2D eigenvalue weighted by Crippen LogP contribution is -2.54. The molecule has 6 heteroatoms. The Morgan fingerprint density at radius 1 is 1.13 bits per heavy atom. The molecule has 2 aromatic rings. The van der Waals surface area contributed by atoms with Crippen LogP contribution < -0.4 is 10.1 Å². The van der Waals surface area contributed by atoms with Crippen LogP contribution in [0.15, 0.2) is 48.5 Å². The summed E-state index contributed by atoms with van der Waals surface area (Å²) in [6, 6.07) is 12.7. The average molecular weight is 415 g/mol. The molecule has 0 radical (unpaired) electrons. The molecule has 0 aliphatic rings. The van der Waals surface area contributed by atoms with Crippen molar-refractivity contribution in [3.8, 4) is 5.75 Å². The van der Waals surface area contributed by atoms with Crippen LogP contribution in [-0.2, 0) is 16.1 Å². The van der Waals surface area contributed by atoms with Crippen LogP contribution in [0.3, 0.4) is 0 Å². The third-order valence-corrected chi connectivity index (χ3v) is 4.50. The topological polar surface area (TPSA) is 58.6 Å². The van der Waals surface area contributed by atoms with Crippen molar-refractivity contribution in [3.63, 3.8) is 0 Å². The van der Waals surface area contributed by atoms with Crippen LogP contribution in [-0.4, -0.2) is 34.9 Å². The van der Waals surface area contributed by atoms with Crippen molar-refractivity contribution in [1.82, 2.24) is 10.2 Å². The number of carbonyl (C=O) groups excluding carboxylic acids is 2. The van der Waals surface area contributed by atoms with Gasteiger partial charge in [-0.1, -0.05) is 31.2 Å². The molecule has 0 saturated heterocycles. The van der Waals surface area contributed by atoms with Crippen molar-refractivity contribution in [3.05, 3.63) is 65.5 Å². The third-order valence-electron chi connectivity index (χ3n) is 4.50. The van der Waals surface area contributed by atoms with Gasteiger partial charge in [-0.3, -0.25) is 9.59 Å². The van der Waals surface area contributed by atoms with E-state index >= 15 is 0 Å². The van der Waals surface area contributed by atoms with Gasteiger partial charge in [-0.2, -0.15) is 0 Å². The van der Waals surface area contributed by atoms with Gasteiger partial charge in [0, 0.05) is 12.1 Å². The first-order valence-corrected chi connectivity index (χ1v) is 10.1. The van der Waals surface area contributed by atoms with Crippen LogP contribution in [0.5, 0.6) is 5.75 Å². The van der Waals surface area contributed by atoms with Crippen LogP contribution in [0.4, 0.5) is 4.39 Å². The van der Waals surface area contributed by atoms with Crippen LogP contribution in [0.25, 0.3) is 0 Å². The fourth-order valence-electron chi connectivity index (χ4n) is 3.09. The smallest absolute Gasteiger partial charge is 0.261 e. The lowest BCUT2D eigenvalue weighted by molar-refractivity contribution is -0.143. The second kappa shape index (κ2) is 10.2. The number of benzene rings is 2. The highest BCUT2D eigenvalue weighted by Gasteiger charge is 2.30. The fourth-order valence-corrected chi connectivity index (χ4v) is 3.09. The molecule has 0 saturated carbocycles. The lowest BCUT2D eigenvalue weighted by atomic mass is 10.1. The SMILES string of the molecule is CCC(C(=O)NC(C)(C)C)N(Cc1ccc(F)cc1)C(=O)COc1cccc(C)c1. The zero-order valence-corrected chi connectivity index (χ0v) is 18.4. The molecule has 1 atom stereocenters. The maximum Gasteiger partial charge on any atom is 0.261 e. The first kappa shape index (κ1) is 23.4. The van der Waals surface area contributed by atoms with Crippen molar-refractivity contribution in [2.45, 2.75) is 59.2 Å². The summed E-state index contributed by atoms with van der Waals surface area (Å²) in [6.45, 7) is 9.48. The summed E-state index contributed by atoms with van der Waals surface area (Å²) in [5, 5.41) is 2.95. The van der Waals surface area contributed by atoms with Gasteiger partial charge in [0.25, 0.3) is 5.91 Å². The minimum atomic E-state index is -0.664. The third kappa shape index (κ3) is 7.17. The minimum Gasteiger partial charge on any atom is -0.484 e. The molecule has 1 unspecified atom stereocenters. The summed E-state index contributed by atoms with van der Waals surface area (Å²) in [7, 11) is 0. The van der Waals surface area contributed by atoms with E-state index in [1.165, 1.54) is 17.0 Å². The Hall–Kier alpha value is -2.89. The van der Waals surface area contributed by atoms with Gasteiger partial charge in [0.05, 0.1) is 0 Å². The molecule has 0 bridgehead atoms. The molecule has 0 aliphatic heterocycles. The van der Waals surface area contributed by atoms with Gasteiger partial charge in [0.2, 0.25) is 5.91 Å². The molecule has 0 fully saturated rings. The molecular weight excluding hydrogens is 383 g/mol. The minimum absolute atomic E-state index is 0.187. The van der Waals surface area contributed by atoms with Crippen molar-refractivity contribution in [2.24, 2.45) is 0 Å². The number of nitrogens with zero attached hydrogens (tertiary/aromatic N) is 1. The van der Waals surface area contributed by atoms with E-state index in [2.05, 4.69) is 5.32 Å². The van der Waals surface area contributed by atoms with Gasteiger partial charge in [-0.15, -0.1) is 0 Å². The second-order valence-electron chi connectivity index (χ2n) is 8.42. The van der Waals surface area contributed by atoms with E-state index in [9.17, 15) is 14.0 Å². The molecule has 0 aromatic heterocycles. The van der Waals surface area contributed by atoms with E-state index in [0.717, 1.165) is 11.1 Å².